The molecule has 8 aromatic rings. The molecule has 27 heteroatoms. The number of carbonyl (C=O) groups excluding carboxylic acids is 2. The summed E-state index contributed by atoms with van der Waals surface area (Å²) in [6.07, 6.45) is 7.40. The summed E-state index contributed by atoms with van der Waals surface area (Å²) in [6.45, 7) is 25.2. The van der Waals surface area contributed by atoms with Gasteiger partial charge in [0, 0.05) is 170 Å². The van der Waals surface area contributed by atoms with Gasteiger partial charge in [0.15, 0.2) is 21.9 Å². The number of fused-ring (bicyclic) bond motifs is 5. The fourth-order valence-electron chi connectivity index (χ4n) is 21.2. The highest BCUT2D eigenvalue weighted by molar-refractivity contribution is 8.14. The van der Waals surface area contributed by atoms with Gasteiger partial charge in [-0.2, -0.15) is 0 Å². The van der Waals surface area contributed by atoms with E-state index in [1.165, 1.54) is 73.6 Å². The first-order valence-electron chi connectivity index (χ1n) is 46.7. The van der Waals surface area contributed by atoms with Crippen molar-refractivity contribution in [3.05, 3.63) is 288 Å². The fourth-order valence-corrected chi connectivity index (χ4v) is 24.8. The molecule has 20 rings (SSSR count). The van der Waals surface area contributed by atoms with Crippen molar-refractivity contribution >= 4 is 90.7 Å². The van der Waals surface area contributed by atoms with Crippen molar-refractivity contribution in [1.82, 2.24) is 0 Å². The van der Waals surface area contributed by atoms with E-state index in [0.29, 0.717) is 93.3 Å². The number of aliphatic imine (C=N–C) groups is 3. The maximum absolute atomic E-state index is 12.7. The number of amidine groups is 2. The number of nitrogens with zero attached hydrogens (tertiary/aromatic N) is 5. The van der Waals surface area contributed by atoms with E-state index >= 15 is 0 Å². The molecule has 12 aliphatic rings. The number of carbonyl (C=O) groups is 2. The van der Waals surface area contributed by atoms with Gasteiger partial charge >= 0.3 is 0 Å². The van der Waals surface area contributed by atoms with Gasteiger partial charge in [0.25, 0.3) is 5.69 Å². The molecule has 13 atom stereocenters. The monoisotopic (exact) mass is 1880 g/mol. The lowest BCUT2D eigenvalue weighted by atomic mass is 9.63. The van der Waals surface area contributed by atoms with Gasteiger partial charge in [0.05, 0.1) is 123 Å². The lowest BCUT2D eigenvalue weighted by Gasteiger charge is -2.45. The summed E-state index contributed by atoms with van der Waals surface area (Å²) in [5, 5.41) is 36.7. The molecule has 8 fully saturated rings. The second kappa shape index (κ2) is 46.9. The number of nitro benzene ring substituents is 1. The van der Waals surface area contributed by atoms with Gasteiger partial charge in [-0.3, -0.25) is 34.7 Å². The first-order valence-corrected chi connectivity index (χ1v) is 50.1. The molecule has 12 aliphatic heterocycles. The summed E-state index contributed by atoms with van der Waals surface area (Å²) < 4.78 is 44.6. The molecular weight excluding hydrogens is 1750 g/mol. The fraction of sp³-hybridized carbons (Fsp3) is 0.481. The largest absolute Gasteiger partial charge is 0.396 e. The van der Waals surface area contributed by atoms with Gasteiger partial charge in [0.2, 0.25) is 0 Å². The summed E-state index contributed by atoms with van der Waals surface area (Å²) in [6, 6.07) is 66.0. The number of hydrogen-bond donors (Lipinski definition) is 5. The number of aliphatic hydroxyl groups excluding tert-OH is 2. The molecule has 0 bridgehead atoms. The Morgan fingerprint density at radius 1 is 0.451 bits per heavy atom. The van der Waals surface area contributed by atoms with E-state index in [9.17, 15) is 29.9 Å². The Morgan fingerprint density at radius 3 is 1.41 bits per heavy atom. The first-order chi connectivity index (χ1) is 64.5. The second-order valence-electron chi connectivity index (χ2n) is 36.9. The minimum absolute atomic E-state index is 0.0117. The predicted molar refractivity (Wildman–Crippen MR) is 535 cm³/mol. The highest BCUT2D eigenvalue weighted by Crippen LogP contribution is 2.52. The average molecular weight is 1880 g/mol. The molecule has 708 valence electrons. The minimum Gasteiger partial charge on any atom is -0.396 e. The number of non-ortho nitro benzene ring substituents is 1. The van der Waals surface area contributed by atoms with Crippen LogP contribution in [0.15, 0.2) is 220 Å². The number of ether oxygens (including phenoxy) is 8. The van der Waals surface area contributed by atoms with Crippen molar-refractivity contribution < 1.29 is 67.5 Å². The molecule has 0 spiro atoms. The Hall–Kier alpha value is -8.72. The number of ketones is 2. The smallest absolute Gasteiger partial charge is 0.269 e. The molecule has 0 radical (unpaired) electrons. The maximum atomic E-state index is 12.7. The van der Waals surface area contributed by atoms with Gasteiger partial charge < -0.3 is 70.1 Å². The Balaban J connectivity index is 0.000000127. The van der Waals surface area contributed by atoms with Crippen molar-refractivity contribution in [1.29, 1.82) is 0 Å². The number of Topliss-reactive ketones (excluding diaryl/α,β-unsaturated/α-hetero) is 2. The highest BCUT2D eigenvalue weighted by atomic mass is 32.2. The van der Waals surface area contributed by atoms with Crippen LogP contribution in [0, 0.1) is 93.1 Å². The number of thiocarbonyl (C=S) groups is 1. The summed E-state index contributed by atoms with van der Waals surface area (Å²) in [5.74, 6) is 4.94. The van der Waals surface area contributed by atoms with E-state index in [0.717, 1.165) is 166 Å². The molecule has 0 amide bonds. The van der Waals surface area contributed by atoms with Crippen LogP contribution in [-0.2, 0) is 75.7 Å². The molecule has 23 nitrogen and oxygen atoms in total. The SMILES string of the molecule is C1CC2=NOC[C@@H]2CO1.Cc1ccc([N+](=O)[O-])cc1[C@]12CCOC[C@H]1CSC(N)=N2.Cc1ccccc1[C@]1(CC(=S)CC(=O)c2ccccc2)CCOC[C@H]1CO.Cc1ccccc1[C@]1(N)CCOC[C@H]1CO.Cc1ccccc1[C@]12CCOC[C@H]1COC2.Cc1ccccc1[C@]12CCOC[C@H]1CSC(CC(=O)c1ccccc1)=N2.Cc1ccccc1[C@]12CCOC[C@H]1CSC(N)=N2. The summed E-state index contributed by atoms with van der Waals surface area (Å²) in [5.41, 5.74) is 34.5. The molecule has 0 aromatic heterocycles. The Morgan fingerprint density at radius 2 is 0.880 bits per heavy atom. The number of benzene rings is 8. The number of nitrogens with two attached hydrogens (primary N) is 3. The van der Waals surface area contributed by atoms with Gasteiger partial charge in [-0.25, -0.2) is 0 Å². The van der Waals surface area contributed by atoms with Crippen LogP contribution in [0.1, 0.15) is 152 Å². The summed E-state index contributed by atoms with van der Waals surface area (Å²) in [7, 11) is 0. The number of hydrogen-bond acceptors (Lipinski definition) is 26. The zero-order valence-corrected chi connectivity index (χ0v) is 80.8. The Labute approximate surface area is 801 Å². The molecule has 0 aliphatic carbocycles. The second-order valence-corrected chi connectivity index (χ2v) is 40.6. The van der Waals surface area contributed by atoms with Crippen molar-refractivity contribution in [3.8, 4) is 0 Å². The van der Waals surface area contributed by atoms with Gasteiger partial charge in [-0.05, 0) is 134 Å². The quantitative estimate of drug-likeness (QED) is 0.0245. The van der Waals surface area contributed by atoms with Crippen molar-refractivity contribution in [2.45, 2.75) is 139 Å². The molecule has 0 saturated carbocycles. The van der Waals surface area contributed by atoms with E-state index < -0.39 is 11.1 Å². The van der Waals surface area contributed by atoms with Crippen molar-refractivity contribution in [2.75, 3.05) is 143 Å². The Kier molecular flexibility index (Phi) is 35.3. The lowest BCUT2D eigenvalue weighted by Crippen LogP contribution is -2.51. The summed E-state index contributed by atoms with van der Waals surface area (Å²) >= 11 is 10.6. The van der Waals surface area contributed by atoms with E-state index in [-0.39, 0.29) is 81.5 Å². The van der Waals surface area contributed by atoms with Crippen molar-refractivity contribution in [3.63, 3.8) is 0 Å². The molecule has 12 heterocycles. The summed E-state index contributed by atoms with van der Waals surface area (Å²) in [4.78, 5) is 56.4. The molecule has 8 saturated heterocycles. The number of aliphatic hydroxyl groups is 2. The van der Waals surface area contributed by atoms with Gasteiger partial charge in [-0.1, -0.05) is 229 Å². The molecule has 133 heavy (non-hydrogen) atoms. The van der Waals surface area contributed by atoms with Crippen molar-refractivity contribution in [2.24, 2.45) is 78.8 Å². The molecular formula is C106H130N8O15S4. The predicted octanol–water partition coefficient (Wildman–Crippen LogP) is 17.3. The minimum atomic E-state index is -0.482. The van der Waals surface area contributed by atoms with E-state index in [1.54, 1.807) is 35.7 Å². The topological polar surface area (TPSA) is 328 Å². The number of thioether (sulfide) groups is 3. The van der Waals surface area contributed by atoms with Crippen LogP contribution >= 0.6 is 47.5 Å². The van der Waals surface area contributed by atoms with Crippen LogP contribution in [0.25, 0.3) is 0 Å². The molecule has 8 aromatic carbocycles. The van der Waals surface area contributed by atoms with Crippen LogP contribution in [-0.4, -0.2) is 195 Å². The lowest BCUT2D eigenvalue weighted by molar-refractivity contribution is -0.385. The van der Waals surface area contributed by atoms with Gasteiger partial charge in [-0.15, -0.1) is 11.8 Å². The number of nitro groups is 1. The zero-order valence-electron chi connectivity index (χ0n) is 77.5. The van der Waals surface area contributed by atoms with Crippen LogP contribution in [0.2, 0.25) is 0 Å². The third kappa shape index (κ3) is 23.4. The van der Waals surface area contributed by atoms with Crippen LogP contribution < -0.4 is 17.2 Å². The van der Waals surface area contributed by atoms with E-state index in [4.69, 9.17) is 87.1 Å². The van der Waals surface area contributed by atoms with Crippen LogP contribution in [0.5, 0.6) is 0 Å². The van der Waals surface area contributed by atoms with Crippen LogP contribution in [0.3, 0.4) is 0 Å². The standard InChI is InChI=1S/C23H26O3S.C22H23NO2S.C14H17N3O3S.C14H18N2OS.C14H18O2.C13H19NO2.C6H9NO2/c1-17-7-5-6-10-21(17)23(11-12-26-16-19(23)15-24)14-20(27)13-22(25)18-8-3-2-4-9-18;1-16-7-5-6-10-19(16)22-11-12-25-14-18(22)15-26-21(23-22)13-20(24)17-8-3-2-4-9-17;1-9-2-3-11(17(18)19)6-12(9)14-4-5-20-7-10(14)8-21-13(15)16-14;1-10-4-2-3-5-12(10)14-6-7-17-8-11(14)9-18-13(15)16-14;1-11-4-2-3-5-13(11)14-6-7-15-8-12(14)9-16-10-14;1-10-4-2-3-5-12(10)13(14)6-7-16-9-11(13)8-15;1-2-8-3-5-4-9-7-6(1)5/h2-10,19,24H,11-16H2,1H3;2-10,18H,11-15H2,1H3;2-3,6,10H,4-5,7-8H2,1H3,(H2,15,16);2-5,11H,6-9H2,1H3,(H2,15,16);2-5,12H,6-10H2,1H3;2-5,11,15H,6-9,14H2,1H3;5H,1-4H2/t19-,23+;18-,22-;10-,14-;11-,14-;12-,14-;11-,13+;5-/m1000010/s1. The maximum Gasteiger partial charge on any atom is 0.269 e. The number of aryl methyl sites for hydroxylation is 6. The Bertz CT molecular complexity index is 5420. The third-order valence-electron chi connectivity index (χ3n) is 28.8. The average Bonchev–Trinajstić information content (AvgIpc) is 1.33. The van der Waals surface area contributed by atoms with Crippen LogP contribution in [0.4, 0.5) is 5.69 Å². The molecule has 0 unspecified atom stereocenters. The first kappa shape index (κ1) is 100. The van der Waals surface area contributed by atoms with E-state index in [1.807, 2.05) is 91.9 Å². The normalized spacial score (nSPS) is 28.2. The van der Waals surface area contributed by atoms with Gasteiger partial charge in [0.1, 0.15) is 6.61 Å². The number of rotatable bonds is 17. The van der Waals surface area contributed by atoms with E-state index in [2.05, 4.69) is 137 Å². The number of oxime groups is 1. The zero-order chi connectivity index (χ0) is 93.6. The third-order valence-corrected chi connectivity index (χ3v) is 32.1. The highest BCUT2D eigenvalue weighted by Gasteiger charge is 2.52. The molecule has 8 N–H and O–H groups in total.